The van der Waals surface area contributed by atoms with E-state index in [-0.39, 0.29) is 0 Å². The van der Waals surface area contributed by atoms with E-state index in [1.807, 2.05) is 50.2 Å². The summed E-state index contributed by atoms with van der Waals surface area (Å²) in [5.74, 6) is -0.402. The van der Waals surface area contributed by atoms with Gasteiger partial charge in [-0.25, -0.2) is 4.79 Å². The van der Waals surface area contributed by atoms with Crippen LogP contribution in [0.4, 0.5) is 11.4 Å². The lowest BCUT2D eigenvalue weighted by atomic mass is 10.1. The van der Waals surface area contributed by atoms with Gasteiger partial charge in [0.1, 0.15) is 5.56 Å². The molecule has 5 heteroatoms. The van der Waals surface area contributed by atoms with Gasteiger partial charge in [0.25, 0.3) is 0 Å². The number of carbonyl (C=O) groups is 1. The summed E-state index contributed by atoms with van der Waals surface area (Å²) in [6.45, 7) is 6.02. The van der Waals surface area contributed by atoms with Crippen molar-refractivity contribution in [2.24, 2.45) is 0 Å². The quantitative estimate of drug-likeness (QED) is 0.635. The zero-order valence-corrected chi connectivity index (χ0v) is 15.1. The van der Waals surface area contributed by atoms with Gasteiger partial charge in [0.05, 0.1) is 17.8 Å². The van der Waals surface area contributed by atoms with Crippen LogP contribution in [-0.4, -0.2) is 17.6 Å². The minimum absolute atomic E-state index is 0.306. The molecule has 4 nitrogen and oxygen atoms in total. The van der Waals surface area contributed by atoms with E-state index >= 15 is 0 Å². The Labute approximate surface area is 151 Å². The number of anilines is 2. The summed E-state index contributed by atoms with van der Waals surface area (Å²) < 4.78 is 5.19. The molecule has 0 aliphatic heterocycles. The Morgan fingerprint density at radius 3 is 2.72 bits per heavy atom. The van der Waals surface area contributed by atoms with Gasteiger partial charge in [0, 0.05) is 22.3 Å². The Morgan fingerprint density at radius 2 is 1.96 bits per heavy atom. The Hall–Kier alpha value is -2.59. The van der Waals surface area contributed by atoms with Crippen LogP contribution in [0.25, 0.3) is 10.9 Å². The number of rotatable bonds is 4. The molecule has 0 radical (unpaired) electrons. The van der Waals surface area contributed by atoms with E-state index in [0.29, 0.717) is 22.9 Å². The maximum atomic E-state index is 12.4. The molecule has 1 heterocycles. The lowest BCUT2D eigenvalue weighted by Gasteiger charge is -2.16. The van der Waals surface area contributed by atoms with Gasteiger partial charge in [-0.3, -0.25) is 4.98 Å². The summed E-state index contributed by atoms with van der Waals surface area (Å²) in [5.41, 5.74) is 4.72. The number of esters is 1. The molecule has 1 aromatic heterocycles. The summed E-state index contributed by atoms with van der Waals surface area (Å²) in [5, 5.41) is 4.90. The van der Waals surface area contributed by atoms with E-state index in [1.165, 1.54) is 0 Å². The van der Waals surface area contributed by atoms with Crippen LogP contribution < -0.4 is 5.32 Å². The molecule has 1 N–H and O–H groups in total. The number of pyridine rings is 1. The number of aromatic nitrogens is 1. The van der Waals surface area contributed by atoms with Crippen molar-refractivity contribution in [1.29, 1.82) is 0 Å². The molecule has 0 unspecified atom stereocenters. The van der Waals surface area contributed by atoms with Gasteiger partial charge < -0.3 is 10.1 Å². The maximum absolute atomic E-state index is 12.4. The number of carbonyl (C=O) groups excluding carboxylic acids is 1. The van der Waals surface area contributed by atoms with Crippen LogP contribution in [0, 0.1) is 13.8 Å². The Bertz CT molecular complexity index is 954. The third kappa shape index (κ3) is 3.30. The number of halogens is 1. The summed E-state index contributed by atoms with van der Waals surface area (Å²) in [6, 6.07) is 11.5. The van der Waals surface area contributed by atoms with Crippen molar-refractivity contribution in [1.82, 2.24) is 4.98 Å². The highest BCUT2D eigenvalue weighted by Gasteiger charge is 2.18. The van der Waals surface area contributed by atoms with Crippen molar-refractivity contribution < 1.29 is 9.53 Å². The summed E-state index contributed by atoms with van der Waals surface area (Å²) in [4.78, 5) is 16.9. The number of nitrogens with zero attached hydrogens (tertiary/aromatic N) is 1. The normalized spacial score (nSPS) is 10.7. The molecule has 0 aliphatic carbocycles. The van der Waals surface area contributed by atoms with E-state index in [4.69, 9.17) is 16.3 Å². The van der Waals surface area contributed by atoms with Crippen molar-refractivity contribution >= 4 is 39.8 Å². The molecule has 0 aliphatic rings. The molecule has 0 amide bonds. The molecule has 0 fully saturated rings. The van der Waals surface area contributed by atoms with Crippen LogP contribution in [0.1, 0.15) is 28.4 Å². The predicted molar refractivity (Wildman–Crippen MR) is 102 cm³/mol. The topological polar surface area (TPSA) is 51.2 Å². The van der Waals surface area contributed by atoms with E-state index in [0.717, 1.165) is 27.7 Å². The summed E-state index contributed by atoms with van der Waals surface area (Å²) in [7, 11) is 0. The van der Waals surface area contributed by atoms with Crippen molar-refractivity contribution in [3.05, 3.63) is 64.3 Å². The molecule has 0 saturated carbocycles. The number of hydrogen-bond acceptors (Lipinski definition) is 4. The number of benzene rings is 2. The van der Waals surface area contributed by atoms with Crippen LogP contribution in [-0.2, 0) is 4.74 Å². The molecule has 25 heavy (non-hydrogen) atoms. The maximum Gasteiger partial charge on any atom is 0.341 e. The second-order valence-corrected chi connectivity index (χ2v) is 6.18. The average Bonchev–Trinajstić information content (AvgIpc) is 2.60. The van der Waals surface area contributed by atoms with Crippen LogP contribution >= 0.6 is 11.6 Å². The number of nitrogens with one attached hydrogen (secondary N) is 1. The number of para-hydroxylation sites is 1. The number of hydrogen-bond donors (Lipinski definition) is 1. The highest BCUT2D eigenvalue weighted by molar-refractivity contribution is 6.31. The predicted octanol–water partition coefficient (Wildman–Crippen LogP) is 5.43. The average molecular weight is 355 g/mol. The fourth-order valence-electron chi connectivity index (χ4n) is 2.75. The van der Waals surface area contributed by atoms with Crippen molar-refractivity contribution in [2.45, 2.75) is 20.8 Å². The Kier molecular flexibility index (Phi) is 4.91. The molecular weight excluding hydrogens is 336 g/mol. The van der Waals surface area contributed by atoms with Gasteiger partial charge in [-0.15, -0.1) is 0 Å². The summed E-state index contributed by atoms with van der Waals surface area (Å²) in [6.07, 6.45) is 1.57. The van der Waals surface area contributed by atoms with Crippen molar-refractivity contribution in [3.63, 3.8) is 0 Å². The van der Waals surface area contributed by atoms with Crippen molar-refractivity contribution in [3.8, 4) is 0 Å². The van der Waals surface area contributed by atoms with Crippen LogP contribution in [0.2, 0.25) is 5.02 Å². The second kappa shape index (κ2) is 7.11. The standard InChI is InChI=1S/C20H19ClN2O2/c1-4-25-20(24)15-11-22-18-12(2)7-5-8-14(18)19(15)23-17-10-6-9-16(21)13(17)3/h5-11H,4H2,1-3H3,(H,22,23). The third-order valence-corrected chi connectivity index (χ3v) is 4.53. The molecule has 3 aromatic rings. The highest BCUT2D eigenvalue weighted by Crippen LogP contribution is 2.33. The minimum Gasteiger partial charge on any atom is -0.462 e. The van der Waals surface area contributed by atoms with Gasteiger partial charge in [0.15, 0.2) is 0 Å². The van der Waals surface area contributed by atoms with Gasteiger partial charge in [-0.05, 0) is 44.0 Å². The zero-order valence-electron chi connectivity index (χ0n) is 14.4. The molecule has 0 saturated heterocycles. The zero-order chi connectivity index (χ0) is 18.0. The highest BCUT2D eigenvalue weighted by atomic mass is 35.5. The van der Waals surface area contributed by atoms with Crippen LogP contribution in [0.15, 0.2) is 42.6 Å². The molecule has 2 aromatic carbocycles. The first-order valence-corrected chi connectivity index (χ1v) is 8.48. The molecule has 3 rings (SSSR count). The number of fused-ring (bicyclic) bond motifs is 1. The molecule has 0 bridgehead atoms. The first-order chi connectivity index (χ1) is 12.0. The fraction of sp³-hybridized carbons (Fsp3) is 0.200. The lowest BCUT2D eigenvalue weighted by Crippen LogP contribution is -2.10. The lowest BCUT2D eigenvalue weighted by molar-refractivity contribution is 0.0527. The minimum atomic E-state index is -0.402. The molecule has 128 valence electrons. The Morgan fingerprint density at radius 1 is 1.20 bits per heavy atom. The van der Waals surface area contributed by atoms with Gasteiger partial charge in [-0.1, -0.05) is 35.9 Å². The fourth-order valence-corrected chi connectivity index (χ4v) is 2.92. The summed E-state index contributed by atoms with van der Waals surface area (Å²) >= 11 is 6.23. The number of aryl methyl sites for hydroxylation is 1. The molecular formula is C20H19ClN2O2. The van der Waals surface area contributed by atoms with Gasteiger partial charge in [0.2, 0.25) is 0 Å². The largest absolute Gasteiger partial charge is 0.462 e. The first kappa shape index (κ1) is 17.2. The van der Waals surface area contributed by atoms with Crippen molar-refractivity contribution in [2.75, 3.05) is 11.9 Å². The van der Waals surface area contributed by atoms with E-state index < -0.39 is 5.97 Å². The van der Waals surface area contributed by atoms with Gasteiger partial charge >= 0.3 is 5.97 Å². The first-order valence-electron chi connectivity index (χ1n) is 8.10. The monoisotopic (exact) mass is 354 g/mol. The smallest absolute Gasteiger partial charge is 0.341 e. The molecule has 0 spiro atoms. The number of ether oxygens (including phenoxy) is 1. The molecule has 0 atom stereocenters. The Balaban J connectivity index is 2.22. The van der Waals surface area contributed by atoms with Crippen LogP contribution in [0.3, 0.4) is 0 Å². The van der Waals surface area contributed by atoms with Gasteiger partial charge in [-0.2, -0.15) is 0 Å². The van der Waals surface area contributed by atoms with Crippen LogP contribution in [0.5, 0.6) is 0 Å². The second-order valence-electron chi connectivity index (χ2n) is 5.78. The van der Waals surface area contributed by atoms with E-state index in [2.05, 4.69) is 10.3 Å². The van der Waals surface area contributed by atoms with E-state index in [9.17, 15) is 4.79 Å². The SMILES string of the molecule is CCOC(=O)c1cnc2c(C)cccc2c1Nc1cccc(Cl)c1C. The van der Waals surface area contributed by atoms with E-state index in [1.54, 1.807) is 13.1 Å². The third-order valence-electron chi connectivity index (χ3n) is 4.12.